The lowest BCUT2D eigenvalue weighted by atomic mass is 9.87. The fourth-order valence-electron chi connectivity index (χ4n) is 6.90. The molecule has 0 radical (unpaired) electrons. The number of phenols is 1. The summed E-state index contributed by atoms with van der Waals surface area (Å²) in [5, 5.41) is 14.4. The molecular weight excluding hydrogens is 556 g/mol. The number of aromatic hydroxyl groups is 1. The summed E-state index contributed by atoms with van der Waals surface area (Å²) in [6.45, 7) is 1.74. The van der Waals surface area contributed by atoms with Crippen molar-refractivity contribution < 1.29 is 28.8 Å². The van der Waals surface area contributed by atoms with Gasteiger partial charge in [0, 0.05) is 24.2 Å². The van der Waals surface area contributed by atoms with Gasteiger partial charge < -0.3 is 34.1 Å². The third-order valence-corrected chi connectivity index (χ3v) is 9.17. The summed E-state index contributed by atoms with van der Waals surface area (Å²) < 4.78 is 31.0. The van der Waals surface area contributed by atoms with Crippen molar-refractivity contribution in [1.82, 2.24) is 10.2 Å². The zero-order valence-electron chi connectivity index (χ0n) is 25.6. The number of benzene rings is 4. The first-order valence-corrected chi connectivity index (χ1v) is 15.1. The van der Waals surface area contributed by atoms with Gasteiger partial charge in [0.25, 0.3) is 0 Å². The number of nitrogens with one attached hydrogen (secondary N) is 1. The topological polar surface area (TPSA) is 81.7 Å². The molecule has 7 rings (SSSR count). The van der Waals surface area contributed by atoms with Crippen LogP contribution in [0, 0.1) is 0 Å². The predicted molar refractivity (Wildman–Crippen MR) is 168 cm³/mol. The van der Waals surface area contributed by atoms with Gasteiger partial charge in [0.2, 0.25) is 5.75 Å². The second-order valence-electron chi connectivity index (χ2n) is 11.8. The van der Waals surface area contributed by atoms with E-state index in [1.165, 1.54) is 11.1 Å². The minimum absolute atomic E-state index is 0.00532. The molecule has 3 aliphatic rings. The van der Waals surface area contributed by atoms with Crippen molar-refractivity contribution in [2.24, 2.45) is 0 Å². The Morgan fingerprint density at radius 3 is 2.45 bits per heavy atom. The van der Waals surface area contributed by atoms with Crippen LogP contribution in [-0.2, 0) is 25.7 Å². The highest BCUT2D eigenvalue weighted by atomic mass is 16.5. The summed E-state index contributed by atoms with van der Waals surface area (Å²) in [5.41, 5.74) is 6.78. The maximum atomic E-state index is 10.7. The van der Waals surface area contributed by atoms with Gasteiger partial charge in [0.05, 0.1) is 21.3 Å². The lowest BCUT2D eigenvalue weighted by Crippen LogP contribution is -2.34. The fourth-order valence-corrected chi connectivity index (χ4v) is 6.90. The van der Waals surface area contributed by atoms with Gasteiger partial charge in [-0.3, -0.25) is 4.90 Å². The van der Waals surface area contributed by atoms with E-state index in [1.807, 2.05) is 24.3 Å². The average molecular weight is 595 g/mol. The highest BCUT2D eigenvalue weighted by Gasteiger charge is 2.34. The molecule has 0 saturated carbocycles. The normalized spacial score (nSPS) is 19.1. The second kappa shape index (κ2) is 11.6. The van der Waals surface area contributed by atoms with Crippen molar-refractivity contribution >= 4 is 0 Å². The zero-order valence-corrected chi connectivity index (χ0v) is 25.6. The van der Waals surface area contributed by atoms with Crippen molar-refractivity contribution in [3.8, 4) is 46.0 Å². The number of phenolic OH excluding ortho intramolecular Hbond substituents is 1. The Labute approximate surface area is 258 Å². The van der Waals surface area contributed by atoms with E-state index in [4.69, 9.17) is 23.7 Å². The van der Waals surface area contributed by atoms with E-state index in [9.17, 15) is 5.11 Å². The van der Waals surface area contributed by atoms with E-state index in [1.54, 1.807) is 27.4 Å². The van der Waals surface area contributed by atoms with Crippen LogP contribution in [0.5, 0.6) is 46.0 Å². The molecule has 4 aromatic carbocycles. The van der Waals surface area contributed by atoms with Crippen LogP contribution in [0.1, 0.15) is 45.5 Å². The summed E-state index contributed by atoms with van der Waals surface area (Å²) in [5.74, 6) is 4.38. The lowest BCUT2D eigenvalue weighted by Gasteiger charge is -2.37. The molecule has 0 spiro atoms. The van der Waals surface area contributed by atoms with E-state index in [2.05, 4.69) is 47.6 Å². The van der Waals surface area contributed by atoms with Gasteiger partial charge >= 0.3 is 0 Å². The van der Waals surface area contributed by atoms with Gasteiger partial charge in [-0.15, -0.1) is 0 Å². The van der Waals surface area contributed by atoms with Gasteiger partial charge in [-0.25, -0.2) is 0 Å². The maximum absolute atomic E-state index is 10.7. The first-order chi connectivity index (χ1) is 21.4. The molecule has 0 saturated heterocycles. The summed E-state index contributed by atoms with van der Waals surface area (Å²) in [4.78, 5) is 2.36. The van der Waals surface area contributed by atoms with Gasteiger partial charge in [0.1, 0.15) is 5.75 Å². The lowest BCUT2D eigenvalue weighted by molar-refractivity contribution is 0.221. The van der Waals surface area contributed by atoms with E-state index < -0.39 is 0 Å². The molecule has 0 fully saturated rings. The smallest absolute Gasteiger partial charge is 0.204 e. The first kappa shape index (κ1) is 28.4. The Hall–Kier alpha value is -4.40. The summed E-state index contributed by atoms with van der Waals surface area (Å²) in [7, 11) is 7.15. The fraction of sp³-hybridized carbons (Fsp3) is 0.333. The predicted octanol–water partition coefficient (Wildman–Crippen LogP) is 6.52. The van der Waals surface area contributed by atoms with Crippen LogP contribution in [0.25, 0.3) is 0 Å². The van der Waals surface area contributed by atoms with Crippen molar-refractivity contribution in [3.63, 3.8) is 0 Å². The van der Waals surface area contributed by atoms with Crippen molar-refractivity contribution in [1.29, 1.82) is 0 Å². The minimum atomic E-state index is -0.00532. The molecule has 228 valence electrons. The largest absolute Gasteiger partial charge is 0.504 e. The summed E-state index contributed by atoms with van der Waals surface area (Å²) in [6.07, 6.45) is 3.16. The molecule has 4 aromatic rings. The highest BCUT2D eigenvalue weighted by molar-refractivity contribution is 5.63. The Kier molecular flexibility index (Phi) is 7.48. The Morgan fingerprint density at radius 1 is 0.818 bits per heavy atom. The number of likely N-dealkylation sites (N-methyl/N-ethyl adjacent to an activating group) is 1. The SMILES string of the molecule is COc1cc2c3cc1Oc1c(OC)c(OC)cc4c1[C@H](Cc1cccc(c1)Oc1cc(ccc1O)C[C@H]3NCC2)N(C)CC4. The molecule has 8 nitrogen and oxygen atoms in total. The molecule has 0 unspecified atom stereocenters. The molecule has 8 heteroatoms. The Bertz CT molecular complexity index is 1720. The van der Waals surface area contributed by atoms with Crippen LogP contribution in [0.15, 0.2) is 60.7 Å². The monoisotopic (exact) mass is 594 g/mol. The van der Waals surface area contributed by atoms with Crippen molar-refractivity contribution in [2.45, 2.75) is 37.8 Å². The van der Waals surface area contributed by atoms with Crippen LogP contribution in [0.2, 0.25) is 0 Å². The van der Waals surface area contributed by atoms with E-state index in [-0.39, 0.29) is 17.8 Å². The molecule has 0 amide bonds. The molecule has 0 aliphatic carbocycles. The molecular formula is C36H38N2O6. The van der Waals surface area contributed by atoms with Crippen LogP contribution in [0.3, 0.4) is 0 Å². The maximum Gasteiger partial charge on any atom is 0.204 e. The number of fused-ring (bicyclic) bond motifs is 5. The number of nitrogens with zero attached hydrogens (tertiary/aromatic N) is 1. The molecule has 2 N–H and O–H groups in total. The van der Waals surface area contributed by atoms with Crippen LogP contribution in [-0.4, -0.2) is 51.5 Å². The third-order valence-electron chi connectivity index (χ3n) is 9.17. The third kappa shape index (κ3) is 5.08. The molecule has 0 aromatic heterocycles. The molecule has 3 heterocycles. The minimum Gasteiger partial charge on any atom is -0.504 e. The first-order valence-electron chi connectivity index (χ1n) is 15.1. The standard InChI is InChI=1S/C36H38N2O6/c1-38-13-11-24-19-33(41-3)35(42-4)36-34(24)28(38)16-21-6-5-7-25(14-21)43-30-17-22(8-9-29(30)39)15-27-26-20-32(44-36)31(40-2)18-23(26)10-12-37-27/h5-9,14,17-20,27-28,37,39H,10-13,15-16H2,1-4H3/t27-,28+/m1/s1. The number of hydrogen-bond acceptors (Lipinski definition) is 8. The number of methoxy groups -OCH3 is 3. The number of ether oxygens (including phenoxy) is 5. The summed E-state index contributed by atoms with van der Waals surface area (Å²) >= 11 is 0. The van der Waals surface area contributed by atoms with E-state index >= 15 is 0 Å². The number of hydrogen-bond donors (Lipinski definition) is 2. The van der Waals surface area contributed by atoms with Gasteiger partial charge in [-0.1, -0.05) is 18.2 Å². The van der Waals surface area contributed by atoms with E-state index in [0.717, 1.165) is 48.2 Å². The summed E-state index contributed by atoms with van der Waals surface area (Å²) in [6, 6.07) is 20.0. The quantitative estimate of drug-likeness (QED) is 0.278. The van der Waals surface area contributed by atoms with Gasteiger partial charge in [0.15, 0.2) is 34.5 Å². The van der Waals surface area contributed by atoms with Gasteiger partial charge in [-0.05, 0) is 110 Å². The highest BCUT2D eigenvalue weighted by Crippen LogP contribution is 2.51. The van der Waals surface area contributed by atoms with Crippen molar-refractivity contribution in [2.75, 3.05) is 41.5 Å². The molecule has 6 bridgehead atoms. The Morgan fingerprint density at radius 2 is 1.64 bits per heavy atom. The average Bonchev–Trinajstić information content (AvgIpc) is 3.03. The van der Waals surface area contributed by atoms with Crippen LogP contribution >= 0.6 is 0 Å². The second-order valence-corrected chi connectivity index (χ2v) is 11.8. The number of rotatable bonds is 3. The Balaban J connectivity index is 1.47. The zero-order chi connectivity index (χ0) is 30.4. The van der Waals surface area contributed by atoms with Gasteiger partial charge in [-0.2, -0.15) is 0 Å². The molecule has 2 atom stereocenters. The van der Waals surface area contributed by atoms with E-state index in [0.29, 0.717) is 53.1 Å². The van der Waals surface area contributed by atoms with Crippen LogP contribution in [0.4, 0.5) is 0 Å². The van der Waals surface area contributed by atoms with Crippen molar-refractivity contribution in [3.05, 3.63) is 94.0 Å². The van der Waals surface area contributed by atoms with Crippen LogP contribution < -0.4 is 29.0 Å². The molecule has 3 aliphatic heterocycles. The molecule has 44 heavy (non-hydrogen) atoms.